The fourth-order valence-electron chi connectivity index (χ4n) is 1.28. The van der Waals surface area contributed by atoms with Crippen molar-refractivity contribution >= 4 is 5.97 Å². The molecule has 0 radical (unpaired) electrons. The molecule has 3 nitrogen and oxygen atoms in total. The van der Waals surface area contributed by atoms with Gasteiger partial charge in [0.1, 0.15) is 0 Å². The van der Waals surface area contributed by atoms with Crippen molar-refractivity contribution in [3.8, 4) is 0 Å². The fourth-order valence-corrected chi connectivity index (χ4v) is 1.28. The molecule has 1 N–H and O–H groups in total. The van der Waals surface area contributed by atoms with E-state index in [2.05, 4.69) is 4.74 Å². The Bertz CT molecular complexity index is 463. The number of rotatable bonds is 4. The number of carboxylic acids is 1. The third-order valence-electron chi connectivity index (χ3n) is 2.22. The largest absolute Gasteiger partial charge is 0.479 e. The molecule has 9 heteroatoms. The van der Waals surface area contributed by atoms with Crippen LogP contribution in [0.25, 0.3) is 0 Å². The van der Waals surface area contributed by atoms with Gasteiger partial charge in [-0.05, 0) is 17.7 Å². The van der Waals surface area contributed by atoms with E-state index in [0.717, 1.165) is 12.1 Å². The minimum absolute atomic E-state index is 0.00602. The molecule has 0 fully saturated rings. The van der Waals surface area contributed by atoms with E-state index in [4.69, 9.17) is 5.11 Å². The zero-order chi connectivity index (χ0) is 15.6. The van der Waals surface area contributed by atoms with E-state index in [-0.39, 0.29) is 5.56 Å². The summed E-state index contributed by atoms with van der Waals surface area (Å²) in [6.45, 7) is -0.769. The van der Waals surface area contributed by atoms with Gasteiger partial charge in [0.05, 0.1) is 12.2 Å². The van der Waals surface area contributed by atoms with E-state index in [1.807, 2.05) is 0 Å². The Morgan fingerprint density at radius 2 is 1.60 bits per heavy atom. The minimum Gasteiger partial charge on any atom is -0.479 e. The molecule has 1 unspecified atom stereocenters. The van der Waals surface area contributed by atoms with E-state index in [0.29, 0.717) is 12.1 Å². The number of halogens is 6. The number of benzene rings is 1. The predicted octanol–water partition coefficient (Wildman–Crippen LogP) is 3.24. The van der Waals surface area contributed by atoms with Gasteiger partial charge >= 0.3 is 18.3 Å². The van der Waals surface area contributed by atoms with Crippen molar-refractivity contribution in [1.29, 1.82) is 0 Å². The van der Waals surface area contributed by atoms with Crippen LogP contribution in [0.15, 0.2) is 24.3 Å². The van der Waals surface area contributed by atoms with Crippen LogP contribution in [0.3, 0.4) is 0 Å². The quantitative estimate of drug-likeness (QED) is 0.869. The van der Waals surface area contributed by atoms with Crippen LogP contribution < -0.4 is 0 Å². The molecule has 0 aromatic heterocycles. The van der Waals surface area contributed by atoms with Crippen molar-refractivity contribution in [2.75, 3.05) is 0 Å². The maximum Gasteiger partial charge on any atom is 0.425 e. The highest BCUT2D eigenvalue weighted by Gasteiger charge is 2.46. The van der Waals surface area contributed by atoms with E-state index >= 15 is 0 Å². The van der Waals surface area contributed by atoms with Crippen LogP contribution in [-0.4, -0.2) is 23.4 Å². The van der Waals surface area contributed by atoms with Gasteiger partial charge in [0.2, 0.25) is 0 Å². The lowest BCUT2D eigenvalue weighted by atomic mass is 10.1. The molecule has 0 saturated heterocycles. The van der Waals surface area contributed by atoms with Crippen LogP contribution in [0.2, 0.25) is 0 Å². The highest BCUT2D eigenvalue weighted by Crippen LogP contribution is 2.29. The summed E-state index contributed by atoms with van der Waals surface area (Å²) in [5.41, 5.74) is -0.972. The van der Waals surface area contributed by atoms with Crippen LogP contribution >= 0.6 is 0 Å². The van der Waals surface area contributed by atoms with Crippen LogP contribution in [0.5, 0.6) is 0 Å². The normalized spacial score (nSPS) is 14.1. The third kappa shape index (κ3) is 4.41. The van der Waals surface area contributed by atoms with Crippen LogP contribution in [0, 0.1) is 0 Å². The van der Waals surface area contributed by atoms with Gasteiger partial charge in [0, 0.05) is 0 Å². The van der Waals surface area contributed by atoms with Gasteiger partial charge in [-0.2, -0.15) is 26.3 Å². The monoisotopic (exact) mass is 302 g/mol. The molecule has 1 aromatic carbocycles. The molecule has 0 bridgehead atoms. The SMILES string of the molecule is O=C(O)C(OCc1ccc(C(F)(F)F)cc1)C(F)(F)F. The van der Waals surface area contributed by atoms with Gasteiger partial charge in [-0.25, -0.2) is 4.79 Å². The van der Waals surface area contributed by atoms with Crippen molar-refractivity contribution in [2.24, 2.45) is 0 Å². The van der Waals surface area contributed by atoms with Gasteiger partial charge in [-0.15, -0.1) is 0 Å². The molecular weight excluding hydrogens is 294 g/mol. The summed E-state index contributed by atoms with van der Waals surface area (Å²) >= 11 is 0. The lowest BCUT2D eigenvalue weighted by molar-refractivity contribution is -0.229. The minimum atomic E-state index is -5.10. The predicted molar refractivity (Wildman–Crippen MR) is 53.7 cm³/mol. The number of hydrogen-bond donors (Lipinski definition) is 1. The van der Waals surface area contributed by atoms with Crippen LogP contribution in [-0.2, 0) is 22.3 Å². The molecule has 1 aromatic rings. The van der Waals surface area contributed by atoms with Crippen molar-refractivity contribution in [1.82, 2.24) is 0 Å². The lowest BCUT2D eigenvalue weighted by Gasteiger charge is -2.16. The maximum absolute atomic E-state index is 12.2. The average Bonchev–Trinajstić information content (AvgIpc) is 2.26. The smallest absolute Gasteiger partial charge is 0.425 e. The molecule has 0 aliphatic heterocycles. The second-order valence-electron chi connectivity index (χ2n) is 3.77. The Kier molecular flexibility index (Phi) is 4.64. The first-order valence-corrected chi connectivity index (χ1v) is 5.09. The first kappa shape index (κ1) is 16.3. The maximum atomic E-state index is 12.2. The molecule has 1 rings (SSSR count). The Morgan fingerprint density at radius 1 is 1.10 bits per heavy atom. The Labute approximate surface area is 108 Å². The summed E-state index contributed by atoms with van der Waals surface area (Å²) in [5.74, 6) is -2.22. The highest BCUT2D eigenvalue weighted by molar-refractivity contribution is 5.73. The lowest BCUT2D eigenvalue weighted by Crippen LogP contribution is -2.38. The number of aliphatic carboxylic acids is 1. The summed E-state index contributed by atoms with van der Waals surface area (Å²) in [4.78, 5) is 10.4. The number of carbonyl (C=O) groups is 1. The van der Waals surface area contributed by atoms with Crippen molar-refractivity contribution < 1.29 is 41.0 Å². The van der Waals surface area contributed by atoms with Crippen molar-refractivity contribution in [3.05, 3.63) is 35.4 Å². The Balaban J connectivity index is 2.73. The zero-order valence-corrected chi connectivity index (χ0v) is 9.63. The molecule has 0 spiro atoms. The van der Waals surface area contributed by atoms with Crippen LogP contribution in [0.1, 0.15) is 11.1 Å². The molecular formula is C11H8F6O3. The topological polar surface area (TPSA) is 46.5 Å². The third-order valence-corrected chi connectivity index (χ3v) is 2.22. The Morgan fingerprint density at radius 3 is 1.95 bits per heavy atom. The summed E-state index contributed by atoms with van der Waals surface area (Å²) in [5, 5.41) is 8.34. The van der Waals surface area contributed by atoms with Gasteiger partial charge < -0.3 is 9.84 Å². The summed E-state index contributed by atoms with van der Waals surface area (Å²) < 4.78 is 77.6. The second-order valence-corrected chi connectivity index (χ2v) is 3.77. The molecule has 0 saturated carbocycles. The molecule has 112 valence electrons. The number of hydrogen-bond acceptors (Lipinski definition) is 2. The standard InChI is InChI=1S/C11H8F6O3/c12-10(13,14)7-3-1-6(2-4-7)5-20-8(9(18)19)11(15,16)17/h1-4,8H,5H2,(H,18,19). The van der Waals surface area contributed by atoms with Crippen LogP contribution in [0.4, 0.5) is 26.3 Å². The average molecular weight is 302 g/mol. The van der Waals surface area contributed by atoms with Gasteiger partial charge in [-0.1, -0.05) is 12.1 Å². The van der Waals surface area contributed by atoms with E-state index < -0.39 is 36.6 Å². The van der Waals surface area contributed by atoms with Crippen molar-refractivity contribution in [3.63, 3.8) is 0 Å². The molecule has 0 aliphatic carbocycles. The van der Waals surface area contributed by atoms with Gasteiger partial charge in [0.15, 0.2) is 0 Å². The molecule has 20 heavy (non-hydrogen) atoms. The summed E-state index contributed by atoms with van der Waals surface area (Å²) in [6, 6.07) is 3.17. The zero-order valence-electron chi connectivity index (χ0n) is 9.63. The first-order valence-electron chi connectivity index (χ1n) is 5.09. The highest BCUT2D eigenvalue weighted by atomic mass is 19.4. The molecule has 1 atom stereocenters. The molecule has 0 aliphatic rings. The van der Waals surface area contributed by atoms with E-state index in [9.17, 15) is 31.1 Å². The fraction of sp³-hybridized carbons (Fsp3) is 0.364. The van der Waals surface area contributed by atoms with Gasteiger partial charge in [0.25, 0.3) is 6.10 Å². The summed E-state index contributed by atoms with van der Waals surface area (Å²) in [7, 11) is 0. The van der Waals surface area contributed by atoms with Crippen molar-refractivity contribution in [2.45, 2.75) is 25.1 Å². The molecule has 0 amide bonds. The Hall–Kier alpha value is -1.77. The number of carboxylic acid groups (broad SMARTS) is 1. The summed E-state index contributed by atoms with van der Waals surface area (Å²) in [6.07, 6.45) is -12.7. The van der Waals surface area contributed by atoms with E-state index in [1.54, 1.807) is 0 Å². The molecule has 0 heterocycles. The van der Waals surface area contributed by atoms with Gasteiger partial charge in [-0.3, -0.25) is 0 Å². The number of alkyl halides is 6. The van der Waals surface area contributed by atoms with E-state index in [1.165, 1.54) is 0 Å². The first-order chi connectivity index (χ1) is 9.01. The number of ether oxygens (including phenoxy) is 1. The second kappa shape index (κ2) is 5.70.